The van der Waals surface area contributed by atoms with Gasteiger partial charge in [0.2, 0.25) is 0 Å². The molecule has 1 amide bonds. The number of carbonyl (C=O) groups excluding carboxylic acids is 1. The molecule has 2 aliphatic rings. The molecule has 0 bridgehead atoms. The van der Waals surface area contributed by atoms with Gasteiger partial charge in [-0.1, -0.05) is 42.1 Å². The quantitative estimate of drug-likeness (QED) is 0.640. The maximum atomic E-state index is 12.7. The molecule has 8 heteroatoms. The van der Waals surface area contributed by atoms with E-state index in [9.17, 15) is 13.2 Å². The predicted octanol–water partition coefficient (Wildman–Crippen LogP) is 3.69. The average molecular weight is 472 g/mol. The minimum absolute atomic E-state index is 0.0911. The lowest BCUT2D eigenvalue weighted by Crippen LogP contribution is -2.38. The lowest BCUT2D eigenvalue weighted by Gasteiger charge is -2.28. The maximum absolute atomic E-state index is 12.7. The van der Waals surface area contributed by atoms with Gasteiger partial charge in [0.15, 0.2) is 15.0 Å². The number of anilines is 2. The summed E-state index contributed by atoms with van der Waals surface area (Å²) in [7, 11) is -3.10. The number of hydrogen-bond donors (Lipinski definition) is 0. The molecule has 0 radical (unpaired) electrons. The molecule has 0 unspecified atom stereocenters. The van der Waals surface area contributed by atoms with E-state index in [2.05, 4.69) is 35.9 Å². The largest absolute Gasteiger partial charge is 0.372 e. The molecule has 2 atom stereocenters. The Morgan fingerprint density at radius 1 is 1.12 bits per heavy atom. The third kappa shape index (κ3) is 4.71. The number of benzene rings is 2. The molecule has 2 aromatic rings. The van der Waals surface area contributed by atoms with Crippen molar-refractivity contribution in [1.29, 1.82) is 0 Å². The van der Waals surface area contributed by atoms with Gasteiger partial charge in [-0.15, -0.1) is 0 Å². The fourth-order valence-electron chi connectivity index (χ4n) is 4.46. The maximum Gasteiger partial charge on any atom is 0.252 e. The van der Waals surface area contributed by atoms with Crippen LogP contribution in [0.4, 0.5) is 11.4 Å². The molecule has 0 aliphatic carbocycles. The highest BCUT2D eigenvalue weighted by Crippen LogP contribution is 2.42. The van der Waals surface area contributed by atoms with E-state index >= 15 is 0 Å². The van der Waals surface area contributed by atoms with Gasteiger partial charge in [0.1, 0.15) is 0 Å². The van der Waals surface area contributed by atoms with Crippen LogP contribution in [0.5, 0.6) is 0 Å². The minimum atomic E-state index is -3.10. The number of aryl methyl sites for hydroxylation is 1. The van der Waals surface area contributed by atoms with Crippen molar-refractivity contribution in [1.82, 2.24) is 0 Å². The highest BCUT2D eigenvalue weighted by Gasteiger charge is 2.49. The van der Waals surface area contributed by atoms with Gasteiger partial charge < -0.3 is 9.80 Å². The molecule has 0 N–H and O–H groups in total. The van der Waals surface area contributed by atoms with Gasteiger partial charge in [0.05, 0.1) is 24.0 Å². The number of nitrogens with zero attached hydrogens (tertiary/aromatic N) is 3. The number of fused-ring (bicyclic) bond motifs is 1. The number of rotatable bonds is 6. The smallest absolute Gasteiger partial charge is 0.252 e. The molecular formula is C24H29N3O3S2. The van der Waals surface area contributed by atoms with Crippen LogP contribution in [0.25, 0.3) is 0 Å². The predicted molar refractivity (Wildman–Crippen MR) is 134 cm³/mol. The lowest BCUT2D eigenvalue weighted by atomic mass is 10.1. The topological polar surface area (TPSA) is 70.0 Å². The highest BCUT2D eigenvalue weighted by atomic mass is 32.2. The van der Waals surface area contributed by atoms with E-state index in [0.717, 1.165) is 35.6 Å². The van der Waals surface area contributed by atoms with Gasteiger partial charge in [-0.25, -0.2) is 8.42 Å². The van der Waals surface area contributed by atoms with Crippen molar-refractivity contribution < 1.29 is 13.2 Å². The molecule has 170 valence electrons. The molecule has 32 heavy (non-hydrogen) atoms. The number of sulfone groups is 1. The minimum Gasteiger partial charge on any atom is -0.372 e. The zero-order valence-electron chi connectivity index (χ0n) is 18.7. The Morgan fingerprint density at radius 3 is 2.50 bits per heavy atom. The third-order valence-corrected chi connectivity index (χ3v) is 9.26. The summed E-state index contributed by atoms with van der Waals surface area (Å²) >= 11 is 1.42. The summed E-state index contributed by atoms with van der Waals surface area (Å²) in [5.74, 6) is -0.00120. The number of aliphatic imine (C=N–C) groups is 1. The molecule has 2 heterocycles. The SMILES string of the molecule is CCN(CC)c1ccc(N2C(=NC(=O)Cc3ccccc3)S[C@H]3CS(=O)(=O)C[C@H]32)c(C)c1. The van der Waals surface area contributed by atoms with Crippen molar-refractivity contribution in [2.45, 2.75) is 38.5 Å². The van der Waals surface area contributed by atoms with Gasteiger partial charge in [0.25, 0.3) is 5.91 Å². The summed E-state index contributed by atoms with van der Waals surface area (Å²) in [6.07, 6.45) is 0.228. The zero-order valence-corrected chi connectivity index (χ0v) is 20.3. The molecular weight excluding hydrogens is 442 g/mol. The number of hydrogen-bond acceptors (Lipinski definition) is 5. The highest BCUT2D eigenvalue weighted by molar-refractivity contribution is 8.16. The Balaban J connectivity index is 1.68. The first kappa shape index (κ1) is 22.9. The fraction of sp³-hybridized carbons (Fsp3) is 0.417. The Kier molecular flexibility index (Phi) is 6.62. The van der Waals surface area contributed by atoms with Crippen molar-refractivity contribution >= 4 is 44.0 Å². The Morgan fingerprint density at radius 2 is 1.84 bits per heavy atom. The van der Waals surface area contributed by atoms with Crippen LogP contribution < -0.4 is 9.80 Å². The van der Waals surface area contributed by atoms with Crippen molar-refractivity contribution in [3.05, 3.63) is 59.7 Å². The van der Waals surface area contributed by atoms with Crippen LogP contribution >= 0.6 is 11.8 Å². The molecule has 0 spiro atoms. The normalized spacial score (nSPS) is 22.8. The van der Waals surface area contributed by atoms with Gasteiger partial charge in [0, 0.05) is 29.7 Å². The Hall–Kier alpha value is -2.32. The van der Waals surface area contributed by atoms with Crippen LogP contribution in [-0.2, 0) is 21.1 Å². The second-order valence-corrected chi connectivity index (χ2v) is 11.6. The van der Waals surface area contributed by atoms with Crippen LogP contribution in [0.1, 0.15) is 25.0 Å². The second-order valence-electron chi connectivity index (χ2n) is 8.26. The van der Waals surface area contributed by atoms with Crippen molar-refractivity contribution in [3.63, 3.8) is 0 Å². The molecule has 4 rings (SSSR count). The van der Waals surface area contributed by atoms with Crippen LogP contribution in [0.2, 0.25) is 0 Å². The second kappa shape index (κ2) is 9.27. The molecule has 2 saturated heterocycles. The Bertz CT molecular complexity index is 1130. The summed E-state index contributed by atoms with van der Waals surface area (Å²) in [6, 6.07) is 15.6. The summed E-state index contributed by atoms with van der Waals surface area (Å²) in [4.78, 5) is 21.5. The van der Waals surface area contributed by atoms with E-state index in [4.69, 9.17) is 0 Å². The van der Waals surface area contributed by atoms with E-state index in [0.29, 0.717) is 5.17 Å². The summed E-state index contributed by atoms with van der Waals surface area (Å²) in [6.45, 7) is 8.12. The first-order valence-corrected chi connectivity index (χ1v) is 13.7. The van der Waals surface area contributed by atoms with Crippen molar-refractivity contribution in [2.75, 3.05) is 34.4 Å². The molecule has 0 aromatic heterocycles. The average Bonchev–Trinajstić information content (AvgIpc) is 3.21. The molecule has 2 aromatic carbocycles. The van der Waals surface area contributed by atoms with Gasteiger partial charge in [-0.3, -0.25) is 4.79 Å². The summed E-state index contributed by atoms with van der Waals surface area (Å²) in [5.41, 5.74) is 4.02. The lowest BCUT2D eigenvalue weighted by molar-refractivity contribution is -0.117. The first-order chi connectivity index (χ1) is 15.3. The fourth-order valence-corrected chi connectivity index (χ4v) is 8.38. The van der Waals surface area contributed by atoms with E-state index in [-0.39, 0.29) is 35.1 Å². The Labute approximate surface area is 194 Å². The van der Waals surface area contributed by atoms with E-state index in [1.54, 1.807) is 0 Å². The number of amidine groups is 1. The molecule has 6 nitrogen and oxygen atoms in total. The summed E-state index contributed by atoms with van der Waals surface area (Å²) in [5, 5.41) is 0.500. The molecule has 2 aliphatic heterocycles. The first-order valence-electron chi connectivity index (χ1n) is 11.0. The van der Waals surface area contributed by atoms with Gasteiger partial charge in [-0.05, 0) is 50.1 Å². The van der Waals surface area contributed by atoms with Gasteiger partial charge in [-0.2, -0.15) is 4.99 Å². The number of carbonyl (C=O) groups is 1. The van der Waals surface area contributed by atoms with Crippen LogP contribution in [0.3, 0.4) is 0 Å². The van der Waals surface area contributed by atoms with Crippen molar-refractivity contribution in [3.8, 4) is 0 Å². The van der Waals surface area contributed by atoms with Gasteiger partial charge >= 0.3 is 0 Å². The van der Waals surface area contributed by atoms with E-state index in [1.165, 1.54) is 11.8 Å². The standard InChI is InChI=1S/C24H29N3O3S2/c1-4-26(5-2)19-11-12-20(17(3)13-19)27-21-15-32(29,30)16-22(21)31-24(27)25-23(28)14-18-9-7-6-8-10-18/h6-13,21-22H,4-5,14-16H2,1-3H3/t21-,22+/m1/s1. The number of amides is 1. The van der Waals surface area contributed by atoms with Crippen LogP contribution in [0.15, 0.2) is 53.5 Å². The summed E-state index contributed by atoms with van der Waals surface area (Å²) < 4.78 is 24.7. The van der Waals surface area contributed by atoms with Crippen LogP contribution in [-0.4, -0.2) is 55.4 Å². The van der Waals surface area contributed by atoms with Crippen molar-refractivity contribution in [2.24, 2.45) is 4.99 Å². The zero-order chi connectivity index (χ0) is 22.9. The van der Waals surface area contributed by atoms with Crippen LogP contribution in [0, 0.1) is 6.92 Å². The van der Waals surface area contributed by atoms with E-state index in [1.807, 2.05) is 48.2 Å². The van der Waals surface area contributed by atoms with E-state index < -0.39 is 9.84 Å². The number of thioether (sulfide) groups is 1. The molecule has 0 saturated carbocycles. The molecule has 2 fully saturated rings. The monoisotopic (exact) mass is 471 g/mol. The third-order valence-electron chi connectivity index (χ3n) is 6.05.